The maximum absolute atomic E-state index is 12.4. The first-order chi connectivity index (χ1) is 13.9. The molecule has 0 saturated heterocycles. The second-order valence-corrected chi connectivity index (χ2v) is 7.06. The summed E-state index contributed by atoms with van der Waals surface area (Å²) in [6, 6.07) is 10.0. The lowest BCUT2D eigenvalue weighted by atomic mass is 9.81. The highest BCUT2D eigenvalue weighted by molar-refractivity contribution is 5.82. The van der Waals surface area contributed by atoms with Gasteiger partial charge >= 0.3 is 11.6 Å². The number of amides is 1. The standard InChI is InChI=1S/C21H22N2O6/c1-23(21(14-22)9-3-2-4-10-21)18(24)12-28-20(26)13-27-16-7-5-15-6-8-19(25)29-17(15)11-16/h5-8,11H,2-4,9-10,12-13H2,1H3. The van der Waals surface area contributed by atoms with Crippen LogP contribution in [-0.4, -0.2) is 42.6 Å². The Bertz CT molecular complexity index is 1000. The summed E-state index contributed by atoms with van der Waals surface area (Å²) in [6.45, 7) is -0.850. The van der Waals surface area contributed by atoms with Crippen LogP contribution in [0.15, 0.2) is 39.5 Å². The number of hydrogen-bond acceptors (Lipinski definition) is 7. The summed E-state index contributed by atoms with van der Waals surface area (Å²) in [6.07, 6.45) is 4.09. The van der Waals surface area contributed by atoms with Crippen molar-refractivity contribution >= 4 is 22.8 Å². The SMILES string of the molecule is CN(C(=O)COC(=O)COc1ccc2ccc(=O)oc2c1)C1(C#N)CCCCC1. The average Bonchev–Trinajstić information content (AvgIpc) is 2.75. The molecule has 1 amide bonds. The Morgan fingerprint density at radius 1 is 1.17 bits per heavy atom. The second-order valence-electron chi connectivity index (χ2n) is 7.06. The van der Waals surface area contributed by atoms with Crippen molar-refractivity contribution in [1.82, 2.24) is 4.90 Å². The highest BCUT2D eigenvalue weighted by atomic mass is 16.6. The number of ether oxygens (including phenoxy) is 2. The van der Waals surface area contributed by atoms with Crippen LogP contribution in [0.3, 0.4) is 0 Å². The molecular weight excluding hydrogens is 376 g/mol. The summed E-state index contributed by atoms with van der Waals surface area (Å²) in [5.41, 5.74) is -0.966. The molecule has 0 spiro atoms. The van der Waals surface area contributed by atoms with Gasteiger partial charge in [0, 0.05) is 24.6 Å². The first-order valence-electron chi connectivity index (χ1n) is 9.44. The van der Waals surface area contributed by atoms with E-state index in [1.54, 1.807) is 25.2 Å². The minimum atomic E-state index is -0.826. The minimum absolute atomic E-state index is 0.331. The largest absolute Gasteiger partial charge is 0.482 e. The number of likely N-dealkylation sites (N-methyl/N-ethyl adjacent to an activating group) is 1. The van der Waals surface area contributed by atoms with E-state index < -0.39 is 36.3 Å². The molecule has 8 nitrogen and oxygen atoms in total. The van der Waals surface area contributed by atoms with Gasteiger partial charge in [-0.05, 0) is 31.0 Å². The van der Waals surface area contributed by atoms with Crippen LogP contribution >= 0.6 is 0 Å². The predicted molar refractivity (Wildman–Crippen MR) is 103 cm³/mol. The van der Waals surface area contributed by atoms with E-state index in [1.165, 1.54) is 17.0 Å². The fraction of sp³-hybridized carbons (Fsp3) is 0.429. The third-order valence-corrected chi connectivity index (χ3v) is 5.21. The summed E-state index contributed by atoms with van der Waals surface area (Å²) in [4.78, 5) is 37.0. The zero-order valence-corrected chi connectivity index (χ0v) is 16.2. The number of hydrogen-bond donors (Lipinski definition) is 0. The lowest BCUT2D eigenvalue weighted by Crippen LogP contribution is -2.51. The molecule has 1 heterocycles. The molecule has 1 fully saturated rings. The molecule has 1 saturated carbocycles. The first-order valence-corrected chi connectivity index (χ1v) is 9.44. The van der Waals surface area contributed by atoms with Gasteiger partial charge in [0.15, 0.2) is 13.2 Å². The summed E-state index contributed by atoms with van der Waals surface area (Å²) >= 11 is 0. The van der Waals surface area contributed by atoms with Crippen molar-refractivity contribution in [2.75, 3.05) is 20.3 Å². The predicted octanol–water partition coefficient (Wildman–Crippen LogP) is 2.40. The van der Waals surface area contributed by atoms with Crippen LogP contribution in [0.4, 0.5) is 0 Å². The molecule has 0 radical (unpaired) electrons. The van der Waals surface area contributed by atoms with Crippen molar-refractivity contribution in [2.24, 2.45) is 0 Å². The van der Waals surface area contributed by atoms with Gasteiger partial charge in [-0.2, -0.15) is 5.26 Å². The van der Waals surface area contributed by atoms with Crippen LogP contribution in [0, 0.1) is 11.3 Å². The molecule has 0 N–H and O–H groups in total. The Morgan fingerprint density at radius 2 is 1.90 bits per heavy atom. The van der Waals surface area contributed by atoms with Gasteiger partial charge in [0.25, 0.3) is 5.91 Å². The Labute approximate surface area is 167 Å². The number of carbonyl (C=O) groups is 2. The van der Waals surface area contributed by atoms with Crippen molar-refractivity contribution in [1.29, 1.82) is 5.26 Å². The van der Waals surface area contributed by atoms with Crippen molar-refractivity contribution in [2.45, 2.75) is 37.6 Å². The number of fused-ring (bicyclic) bond motifs is 1. The molecule has 29 heavy (non-hydrogen) atoms. The second kappa shape index (κ2) is 8.78. The van der Waals surface area contributed by atoms with Gasteiger partial charge in [-0.25, -0.2) is 9.59 Å². The maximum atomic E-state index is 12.4. The number of nitriles is 1. The molecule has 1 aromatic carbocycles. The third-order valence-electron chi connectivity index (χ3n) is 5.21. The monoisotopic (exact) mass is 398 g/mol. The zero-order chi connectivity index (χ0) is 20.9. The topological polar surface area (TPSA) is 110 Å². The quantitative estimate of drug-likeness (QED) is 0.543. The summed E-state index contributed by atoms with van der Waals surface area (Å²) in [7, 11) is 1.57. The summed E-state index contributed by atoms with van der Waals surface area (Å²) in [5, 5.41) is 10.3. The van der Waals surface area contributed by atoms with Crippen LogP contribution < -0.4 is 10.4 Å². The molecule has 152 valence electrons. The molecular formula is C21H22N2O6. The Balaban J connectivity index is 1.51. The van der Waals surface area contributed by atoms with Gasteiger partial charge in [-0.3, -0.25) is 4.79 Å². The Hall–Kier alpha value is -3.34. The van der Waals surface area contributed by atoms with Crippen LogP contribution in [0.5, 0.6) is 5.75 Å². The van der Waals surface area contributed by atoms with Gasteiger partial charge in [0.05, 0.1) is 6.07 Å². The summed E-state index contributed by atoms with van der Waals surface area (Å²) < 4.78 is 15.4. The molecule has 8 heteroatoms. The number of benzene rings is 1. The van der Waals surface area contributed by atoms with E-state index in [0.29, 0.717) is 24.2 Å². The van der Waals surface area contributed by atoms with E-state index in [2.05, 4.69) is 6.07 Å². The third kappa shape index (κ3) is 4.74. The van der Waals surface area contributed by atoms with E-state index in [-0.39, 0.29) is 0 Å². The van der Waals surface area contributed by atoms with Crippen molar-refractivity contribution < 1.29 is 23.5 Å². The normalized spacial score (nSPS) is 15.3. The van der Waals surface area contributed by atoms with Crippen LogP contribution in [0.2, 0.25) is 0 Å². The number of rotatable bonds is 6. The molecule has 1 aromatic heterocycles. The summed E-state index contributed by atoms with van der Waals surface area (Å²) in [5.74, 6) is -0.803. The minimum Gasteiger partial charge on any atom is -0.482 e. The zero-order valence-electron chi connectivity index (χ0n) is 16.2. The smallest absolute Gasteiger partial charge is 0.344 e. The fourth-order valence-electron chi connectivity index (χ4n) is 3.45. The van der Waals surface area contributed by atoms with Crippen molar-refractivity contribution in [3.8, 4) is 11.8 Å². The van der Waals surface area contributed by atoms with Crippen LogP contribution in [-0.2, 0) is 14.3 Å². The van der Waals surface area contributed by atoms with Gasteiger partial charge in [0.2, 0.25) is 0 Å². The molecule has 1 aliphatic carbocycles. The maximum Gasteiger partial charge on any atom is 0.344 e. The van der Waals surface area contributed by atoms with Gasteiger partial charge in [0.1, 0.15) is 16.9 Å². The molecule has 0 atom stereocenters. The van der Waals surface area contributed by atoms with Crippen LogP contribution in [0.25, 0.3) is 11.0 Å². The van der Waals surface area contributed by atoms with Gasteiger partial charge in [-0.15, -0.1) is 0 Å². The lowest BCUT2D eigenvalue weighted by molar-refractivity contribution is -0.155. The van der Waals surface area contributed by atoms with E-state index >= 15 is 0 Å². The first kappa shape index (κ1) is 20.4. The Morgan fingerprint density at radius 3 is 2.62 bits per heavy atom. The number of carbonyl (C=O) groups excluding carboxylic acids is 2. The van der Waals surface area contributed by atoms with Crippen molar-refractivity contribution in [3.05, 3.63) is 40.8 Å². The molecule has 1 aliphatic rings. The van der Waals surface area contributed by atoms with E-state index in [1.807, 2.05) is 0 Å². The van der Waals surface area contributed by atoms with E-state index in [9.17, 15) is 19.6 Å². The highest BCUT2D eigenvalue weighted by Gasteiger charge is 2.38. The molecule has 0 bridgehead atoms. The van der Waals surface area contributed by atoms with E-state index in [4.69, 9.17) is 13.9 Å². The van der Waals surface area contributed by atoms with E-state index in [0.717, 1.165) is 24.6 Å². The molecule has 3 rings (SSSR count). The molecule has 2 aromatic rings. The Kier molecular flexibility index (Phi) is 6.17. The average molecular weight is 398 g/mol. The van der Waals surface area contributed by atoms with Gasteiger partial charge < -0.3 is 18.8 Å². The number of esters is 1. The fourth-order valence-corrected chi connectivity index (χ4v) is 3.45. The highest BCUT2D eigenvalue weighted by Crippen LogP contribution is 2.32. The molecule has 0 unspecified atom stereocenters. The molecule has 0 aliphatic heterocycles. The van der Waals surface area contributed by atoms with Crippen LogP contribution in [0.1, 0.15) is 32.1 Å². The van der Waals surface area contributed by atoms with Gasteiger partial charge in [-0.1, -0.05) is 19.3 Å². The van der Waals surface area contributed by atoms with Crippen molar-refractivity contribution in [3.63, 3.8) is 0 Å². The lowest BCUT2D eigenvalue weighted by Gasteiger charge is -2.38. The number of nitrogens with zero attached hydrogens (tertiary/aromatic N) is 2.